The first-order valence-corrected chi connectivity index (χ1v) is 10.7. The minimum Gasteiger partial charge on any atom is -0.394 e. The molecule has 0 atom stereocenters. The topological polar surface area (TPSA) is 12.0 Å². The van der Waals surface area contributed by atoms with Gasteiger partial charge >= 0.3 is 0 Å². The number of fused-ring (bicyclic) bond motifs is 3. The van der Waals surface area contributed by atoms with Crippen molar-refractivity contribution in [2.75, 3.05) is 7.05 Å². The van der Waals surface area contributed by atoms with Gasteiger partial charge in [-0.3, -0.25) is 0 Å². The molecule has 0 aliphatic carbocycles. The smallest absolute Gasteiger partial charge is 0.0355 e. The van der Waals surface area contributed by atoms with Crippen LogP contribution in [0.2, 0.25) is 0 Å². The number of thiophene rings is 1. The van der Waals surface area contributed by atoms with E-state index in [0.717, 1.165) is 6.42 Å². The van der Waals surface area contributed by atoms with Crippen LogP contribution in [0.25, 0.3) is 38.4 Å². The van der Waals surface area contributed by atoms with Gasteiger partial charge in [0.1, 0.15) is 0 Å². The number of nitrogens with one attached hydrogen (secondary N) is 1. The molecule has 29 heavy (non-hydrogen) atoms. The van der Waals surface area contributed by atoms with Gasteiger partial charge < -0.3 is 5.32 Å². The summed E-state index contributed by atoms with van der Waals surface area (Å²) in [7, 11) is 1.93. The van der Waals surface area contributed by atoms with Gasteiger partial charge in [0.25, 0.3) is 0 Å². The van der Waals surface area contributed by atoms with Crippen molar-refractivity contribution in [3.8, 4) is 0 Å². The van der Waals surface area contributed by atoms with E-state index in [0.29, 0.717) is 0 Å². The van der Waals surface area contributed by atoms with Gasteiger partial charge in [0, 0.05) is 27.2 Å². The maximum Gasteiger partial charge on any atom is 0.0355 e. The molecule has 0 aliphatic rings. The Balaban J connectivity index is 1.81. The van der Waals surface area contributed by atoms with Crippen molar-refractivity contribution in [3.63, 3.8) is 0 Å². The van der Waals surface area contributed by atoms with Gasteiger partial charge in [0.05, 0.1) is 0 Å². The lowest BCUT2D eigenvalue weighted by Crippen LogP contribution is -1.99. The predicted molar refractivity (Wildman–Crippen MR) is 131 cm³/mol. The number of hydrogen-bond acceptors (Lipinski definition) is 2. The van der Waals surface area contributed by atoms with E-state index in [4.69, 9.17) is 0 Å². The van der Waals surface area contributed by atoms with E-state index in [-0.39, 0.29) is 0 Å². The highest BCUT2D eigenvalue weighted by Gasteiger charge is 2.10. The third kappa shape index (κ3) is 3.76. The molecular weight excluding hydrogens is 370 g/mol. The summed E-state index contributed by atoms with van der Waals surface area (Å²) < 4.78 is 2.70. The Morgan fingerprint density at radius 3 is 2.55 bits per heavy atom. The van der Waals surface area contributed by atoms with Crippen LogP contribution in [0.4, 0.5) is 0 Å². The van der Waals surface area contributed by atoms with Gasteiger partial charge in [0.2, 0.25) is 0 Å². The van der Waals surface area contributed by atoms with Crippen LogP contribution in [0.3, 0.4) is 0 Å². The van der Waals surface area contributed by atoms with Crippen LogP contribution in [0.5, 0.6) is 0 Å². The summed E-state index contributed by atoms with van der Waals surface area (Å²) in [4.78, 5) is 0. The highest BCUT2D eigenvalue weighted by Crippen LogP contribution is 2.35. The van der Waals surface area contributed by atoms with Gasteiger partial charge in [-0.15, -0.1) is 11.3 Å². The number of benzene rings is 3. The Bertz CT molecular complexity index is 1240. The van der Waals surface area contributed by atoms with Crippen molar-refractivity contribution in [2.24, 2.45) is 0 Å². The van der Waals surface area contributed by atoms with Crippen molar-refractivity contribution in [2.45, 2.75) is 13.3 Å². The Morgan fingerprint density at radius 1 is 0.931 bits per heavy atom. The van der Waals surface area contributed by atoms with E-state index in [2.05, 4.69) is 84.7 Å². The standard InChI is InChI=1S/C27H25NS/c1-4-8-20-12-13-21(23(15-16-28-3)22(20)5-2)17-19-11-14-27-25(18-19)24-9-6-7-10-26(24)29-27/h4-16,18,28H,2,17H2,1,3H3/b8-4-,16-15-. The monoisotopic (exact) mass is 395 g/mol. The van der Waals surface area contributed by atoms with Crippen LogP contribution in [-0.2, 0) is 6.42 Å². The van der Waals surface area contributed by atoms with Crippen LogP contribution in [0.15, 0.2) is 73.5 Å². The Morgan fingerprint density at radius 2 is 1.76 bits per heavy atom. The minimum absolute atomic E-state index is 0.889. The lowest BCUT2D eigenvalue weighted by atomic mass is 9.91. The average molecular weight is 396 g/mol. The molecule has 0 saturated heterocycles. The summed E-state index contributed by atoms with van der Waals surface area (Å²) in [6, 6.07) is 20.0. The van der Waals surface area contributed by atoms with Gasteiger partial charge in [0.15, 0.2) is 0 Å². The molecule has 4 rings (SSSR count). The van der Waals surface area contributed by atoms with Crippen molar-refractivity contribution in [1.29, 1.82) is 0 Å². The van der Waals surface area contributed by atoms with Crippen molar-refractivity contribution in [1.82, 2.24) is 5.32 Å². The zero-order valence-electron chi connectivity index (χ0n) is 16.9. The molecule has 0 spiro atoms. The van der Waals surface area contributed by atoms with Crippen molar-refractivity contribution < 1.29 is 0 Å². The average Bonchev–Trinajstić information content (AvgIpc) is 3.11. The number of hydrogen-bond donors (Lipinski definition) is 1. The van der Waals surface area contributed by atoms with Crippen molar-refractivity contribution in [3.05, 3.63) is 101 Å². The third-order valence-corrected chi connectivity index (χ3v) is 6.37. The van der Waals surface area contributed by atoms with Crippen LogP contribution in [-0.4, -0.2) is 7.05 Å². The lowest BCUT2D eigenvalue weighted by Gasteiger charge is -2.13. The zero-order valence-corrected chi connectivity index (χ0v) is 17.7. The van der Waals surface area contributed by atoms with Gasteiger partial charge in [-0.05, 0) is 71.6 Å². The molecule has 0 bridgehead atoms. The molecule has 144 valence electrons. The fourth-order valence-electron chi connectivity index (χ4n) is 3.87. The van der Waals surface area contributed by atoms with E-state index >= 15 is 0 Å². The minimum atomic E-state index is 0.889. The normalized spacial score (nSPS) is 11.8. The summed E-state index contributed by atoms with van der Waals surface area (Å²) in [6.07, 6.45) is 11.2. The number of allylic oxidation sites excluding steroid dienone is 1. The van der Waals surface area contributed by atoms with Crippen LogP contribution < -0.4 is 5.32 Å². The summed E-state index contributed by atoms with van der Waals surface area (Å²) >= 11 is 1.86. The maximum atomic E-state index is 4.07. The van der Waals surface area contributed by atoms with E-state index in [1.54, 1.807) is 0 Å². The first-order valence-electron chi connectivity index (χ1n) is 9.90. The molecule has 0 radical (unpaired) electrons. The van der Waals surface area contributed by atoms with Crippen LogP contribution in [0, 0.1) is 0 Å². The quantitative estimate of drug-likeness (QED) is 0.356. The van der Waals surface area contributed by atoms with E-state index < -0.39 is 0 Å². The second-order valence-electron chi connectivity index (χ2n) is 7.07. The first kappa shape index (κ1) is 19.2. The fourth-order valence-corrected chi connectivity index (χ4v) is 4.96. The largest absolute Gasteiger partial charge is 0.394 e. The first-order chi connectivity index (χ1) is 14.2. The van der Waals surface area contributed by atoms with E-state index in [9.17, 15) is 0 Å². The van der Waals surface area contributed by atoms with Crippen LogP contribution in [0.1, 0.15) is 34.7 Å². The molecule has 3 aromatic carbocycles. The summed E-state index contributed by atoms with van der Waals surface area (Å²) in [6.45, 7) is 6.12. The molecular formula is C27H25NS. The van der Waals surface area contributed by atoms with E-state index in [1.807, 2.05) is 37.6 Å². The highest BCUT2D eigenvalue weighted by molar-refractivity contribution is 7.25. The molecule has 2 heteroatoms. The molecule has 4 aromatic rings. The summed E-state index contributed by atoms with van der Waals surface area (Å²) in [5, 5.41) is 5.82. The molecule has 0 saturated carbocycles. The third-order valence-electron chi connectivity index (χ3n) is 5.21. The van der Waals surface area contributed by atoms with Gasteiger partial charge in [-0.1, -0.05) is 61.2 Å². The molecule has 0 unspecified atom stereocenters. The number of rotatable bonds is 6. The van der Waals surface area contributed by atoms with Gasteiger partial charge in [-0.25, -0.2) is 0 Å². The summed E-state index contributed by atoms with van der Waals surface area (Å²) in [5.74, 6) is 0. The fraction of sp³-hybridized carbons (Fsp3) is 0.111. The molecule has 0 aliphatic heterocycles. The highest BCUT2D eigenvalue weighted by atomic mass is 32.1. The lowest BCUT2D eigenvalue weighted by molar-refractivity contribution is 1.11. The maximum absolute atomic E-state index is 4.07. The Labute approximate surface area is 176 Å². The molecule has 0 fully saturated rings. The van der Waals surface area contributed by atoms with E-state index in [1.165, 1.54) is 48.0 Å². The van der Waals surface area contributed by atoms with Crippen LogP contribution >= 0.6 is 11.3 Å². The molecule has 0 amide bonds. The van der Waals surface area contributed by atoms with Gasteiger partial charge in [-0.2, -0.15) is 0 Å². The van der Waals surface area contributed by atoms with Crippen molar-refractivity contribution >= 4 is 49.7 Å². The Kier molecular flexibility index (Phi) is 5.64. The molecule has 1 nitrogen and oxygen atoms in total. The second-order valence-corrected chi connectivity index (χ2v) is 8.16. The molecule has 1 N–H and O–H groups in total. The predicted octanol–water partition coefficient (Wildman–Crippen LogP) is 7.51. The Hall–Kier alpha value is -3.10. The SMILES string of the molecule is C=Cc1c(/C=C\C)ccc(Cc2ccc3sc4ccccc4c3c2)c1/C=C\NC. The summed E-state index contributed by atoms with van der Waals surface area (Å²) in [5.41, 5.74) is 6.23. The molecule has 1 aromatic heterocycles. The second kappa shape index (κ2) is 8.50. The zero-order chi connectivity index (χ0) is 20.2. The molecule has 1 heterocycles.